The lowest BCUT2D eigenvalue weighted by Crippen LogP contribution is -2.66. The molecule has 1 aromatic rings. The van der Waals surface area contributed by atoms with Crippen molar-refractivity contribution in [2.45, 2.75) is 79.1 Å². The number of aromatic hydroxyl groups is 1. The summed E-state index contributed by atoms with van der Waals surface area (Å²) in [6.45, 7) is 9.98. The minimum Gasteiger partial charge on any atom is -0.507 e. The van der Waals surface area contributed by atoms with Crippen LogP contribution in [0.25, 0.3) is 5.76 Å². The van der Waals surface area contributed by atoms with E-state index in [4.69, 9.17) is 15.2 Å². The van der Waals surface area contributed by atoms with Gasteiger partial charge in [0.05, 0.1) is 23.6 Å². The molecule has 0 heterocycles. The lowest BCUT2D eigenvalue weighted by atomic mass is 9.56. The summed E-state index contributed by atoms with van der Waals surface area (Å²) in [7, 11) is 3.50. The molecule has 0 saturated heterocycles. The highest BCUT2D eigenvalue weighted by Crippen LogP contribution is 2.53. The summed E-state index contributed by atoms with van der Waals surface area (Å²) in [5.41, 5.74) is 2.32. The molecule has 48 heavy (non-hydrogen) atoms. The van der Waals surface area contributed by atoms with E-state index in [-0.39, 0.29) is 49.1 Å². The van der Waals surface area contributed by atoms with E-state index >= 15 is 0 Å². The number of aliphatic hydroxyl groups is 3. The molecule has 2 amide bonds. The number of Topliss-reactive ketones (excluding diaryl/α,β-unsaturated/α-hetero) is 2. The maximum atomic E-state index is 14.0. The number of esters is 1. The molecule has 264 valence electrons. The fourth-order valence-corrected chi connectivity index (χ4v) is 6.95. The van der Waals surface area contributed by atoms with Gasteiger partial charge in [0.2, 0.25) is 18.5 Å². The normalized spacial score (nSPS) is 25.5. The van der Waals surface area contributed by atoms with E-state index in [9.17, 15) is 44.4 Å². The number of anilines is 1. The molecule has 2 saturated carbocycles. The summed E-state index contributed by atoms with van der Waals surface area (Å²) in [5, 5.41) is 45.4. The third-order valence-corrected chi connectivity index (χ3v) is 9.19. The number of rotatable bonds is 7. The molecule has 2 unspecified atom stereocenters. The number of nitrogens with zero attached hydrogens (tertiary/aromatic N) is 2. The van der Waals surface area contributed by atoms with Gasteiger partial charge in [0.1, 0.15) is 17.4 Å². The van der Waals surface area contributed by atoms with Crippen molar-refractivity contribution in [3.05, 3.63) is 28.3 Å². The summed E-state index contributed by atoms with van der Waals surface area (Å²) in [6.07, 6.45) is -2.34. The molecule has 0 aromatic heterocycles. The van der Waals surface area contributed by atoms with E-state index in [2.05, 4.69) is 0 Å². The topological polar surface area (TPSA) is 217 Å². The van der Waals surface area contributed by atoms with Gasteiger partial charge in [0, 0.05) is 43.4 Å². The van der Waals surface area contributed by atoms with Crippen LogP contribution in [0.15, 0.2) is 11.6 Å². The Labute approximate surface area is 279 Å². The van der Waals surface area contributed by atoms with Crippen LogP contribution in [-0.4, -0.2) is 94.0 Å². The van der Waals surface area contributed by atoms with Crippen molar-refractivity contribution in [1.82, 2.24) is 4.90 Å². The Balaban J connectivity index is 1.76. The van der Waals surface area contributed by atoms with E-state index in [0.29, 0.717) is 11.3 Å². The zero-order chi connectivity index (χ0) is 36.3. The maximum Gasteiger partial charge on any atom is 0.412 e. The monoisotopic (exact) mass is 673 g/mol. The first-order chi connectivity index (χ1) is 22.0. The molecule has 14 nitrogen and oxygen atoms in total. The first-order valence-electron chi connectivity index (χ1n) is 15.9. The second-order valence-electron chi connectivity index (χ2n) is 15.5. The number of nitrogens with two attached hydrogens (primary N) is 1. The van der Waals surface area contributed by atoms with Crippen molar-refractivity contribution in [2.24, 2.45) is 34.3 Å². The summed E-state index contributed by atoms with van der Waals surface area (Å²) in [6, 6.07) is 1.67. The van der Waals surface area contributed by atoms with Gasteiger partial charge in [-0.1, -0.05) is 20.8 Å². The van der Waals surface area contributed by atoms with Gasteiger partial charge >= 0.3 is 12.1 Å². The lowest BCUT2D eigenvalue weighted by Gasteiger charge is -2.48. The Kier molecular flexibility index (Phi) is 9.70. The van der Waals surface area contributed by atoms with Crippen LogP contribution >= 0.6 is 0 Å². The van der Waals surface area contributed by atoms with Crippen LogP contribution in [0.4, 0.5) is 10.5 Å². The summed E-state index contributed by atoms with van der Waals surface area (Å²) in [5.74, 6) is -8.61. The van der Waals surface area contributed by atoms with Crippen molar-refractivity contribution in [1.29, 1.82) is 0 Å². The Morgan fingerprint density at radius 2 is 1.67 bits per heavy atom. The molecule has 14 heteroatoms. The Morgan fingerprint density at radius 1 is 1.04 bits per heavy atom. The van der Waals surface area contributed by atoms with Gasteiger partial charge in [0.15, 0.2) is 11.4 Å². The summed E-state index contributed by atoms with van der Waals surface area (Å²) < 4.78 is 10.4. The highest BCUT2D eigenvalue weighted by atomic mass is 16.7. The first kappa shape index (κ1) is 36.7. The number of fused-ring (bicyclic) bond motifs is 3. The second-order valence-corrected chi connectivity index (χ2v) is 15.5. The predicted octanol–water partition coefficient (Wildman–Crippen LogP) is 2.19. The van der Waals surface area contributed by atoms with Crippen LogP contribution in [0, 0.1) is 28.6 Å². The zero-order valence-electron chi connectivity index (χ0n) is 28.7. The van der Waals surface area contributed by atoms with Gasteiger partial charge in [-0.25, -0.2) is 4.79 Å². The standard InChI is InChI=1S/C34H47N3O11/c1-32(2,3)14-37(31(45)48-15-47-30(44)33(4,5)6)13-17-11-20(36(7)8)19-10-16-9-18-12-21(38)24(29(35)43)28(42)34(18,46)27(41)22(16)26(40)23(19)25(17)39/h11,16,18,21,24,38-40,46H,9-10,12-15H2,1-8H3,(H2,35,43)/t16-,18+,21?,24?,34+/m1/s1. The molecule has 3 aliphatic rings. The number of ether oxygens (including phenoxy) is 2. The number of phenolic OH excluding ortho intramolecular Hbond substituents is 1. The molecule has 0 spiro atoms. The zero-order valence-corrected chi connectivity index (χ0v) is 28.7. The molecular weight excluding hydrogens is 626 g/mol. The van der Waals surface area contributed by atoms with Crippen molar-refractivity contribution in [3.63, 3.8) is 0 Å². The molecule has 6 N–H and O–H groups in total. The minimum absolute atomic E-state index is 0.0374. The molecule has 0 radical (unpaired) electrons. The number of hydrogen-bond acceptors (Lipinski definition) is 12. The van der Waals surface area contributed by atoms with Gasteiger partial charge in [0.25, 0.3) is 0 Å². The molecular formula is C34H47N3O11. The van der Waals surface area contributed by atoms with E-state index in [0.717, 1.165) is 0 Å². The number of amides is 2. The van der Waals surface area contributed by atoms with Crippen LogP contribution in [0.5, 0.6) is 5.75 Å². The average Bonchev–Trinajstić information content (AvgIpc) is 2.94. The Bertz CT molecular complexity index is 1570. The van der Waals surface area contributed by atoms with Crippen molar-refractivity contribution >= 4 is 41.0 Å². The van der Waals surface area contributed by atoms with Crippen molar-refractivity contribution in [2.75, 3.05) is 32.3 Å². The number of carbonyl (C=O) groups is 5. The molecule has 4 rings (SSSR count). The number of phenols is 1. The van der Waals surface area contributed by atoms with Crippen molar-refractivity contribution in [3.8, 4) is 5.75 Å². The van der Waals surface area contributed by atoms with Crippen LogP contribution in [0.2, 0.25) is 0 Å². The number of ketones is 2. The van der Waals surface area contributed by atoms with Gasteiger partial charge in [-0.3, -0.25) is 19.2 Å². The van der Waals surface area contributed by atoms with Crippen LogP contribution in [-0.2, 0) is 41.6 Å². The summed E-state index contributed by atoms with van der Waals surface area (Å²) in [4.78, 5) is 67.8. The van der Waals surface area contributed by atoms with Gasteiger partial charge < -0.3 is 45.4 Å². The van der Waals surface area contributed by atoms with E-state index in [1.807, 2.05) is 20.8 Å². The fourth-order valence-electron chi connectivity index (χ4n) is 6.95. The smallest absolute Gasteiger partial charge is 0.412 e. The highest BCUT2D eigenvalue weighted by molar-refractivity contribution is 6.24. The first-order valence-corrected chi connectivity index (χ1v) is 15.9. The molecule has 2 fully saturated rings. The summed E-state index contributed by atoms with van der Waals surface area (Å²) >= 11 is 0. The molecule has 1 aromatic carbocycles. The average molecular weight is 674 g/mol. The SMILES string of the molecule is CN(C)c1cc(CN(CC(C)(C)C)C(=O)OCOC(=O)C(C)(C)C)c(O)c2c1C[C@H]1C[C@H]3CC(O)C(C(N)=O)C(=O)[C@@]3(O)C(=O)C1=C2O. The Morgan fingerprint density at radius 3 is 2.21 bits per heavy atom. The van der Waals surface area contributed by atoms with E-state index in [1.165, 1.54) is 4.90 Å². The third-order valence-electron chi connectivity index (χ3n) is 9.19. The van der Waals surface area contributed by atoms with Crippen LogP contribution in [0.3, 0.4) is 0 Å². The number of hydrogen-bond donors (Lipinski definition) is 5. The maximum absolute atomic E-state index is 14.0. The second kappa shape index (κ2) is 12.7. The number of carbonyl (C=O) groups excluding carboxylic acids is 5. The van der Waals surface area contributed by atoms with Crippen LogP contribution in [0.1, 0.15) is 71.1 Å². The number of primary amides is 1. The molecule has 0 aliphatic heterocycles. The molecule has 5 atom stereocenters. The minimum atomic E-state index is -2.70. The third kappa shape index (κ3) is 6.59. The molecule has 0 bridgehead atoms. The number of benzene rings is 1. The quantitative estimate of drug-likeness (QED) is 0.160. The van der Waals surface area contributed by atoms with Crippen LogP contribution < -0.4 is 10.6 Å². The van der Waals surface area contributed by atoms with Gasteiger partial charge in [-0.15, -0.1) is 0 Å². The fraction of sp³-hybridized carbons (Fsp3) is 0.618. The van der Waals surface area contributed by atoms with E-state index in [1.54, 1.807) is 45.8 Å². The lowest BCUT2D eigenvalue weighted by molar-refractivity contribution is -0.174. The van der Waals surface area contributed by atoms with Gasteiger partial charge in [-0.2, -0.15) is 0 Å². The Hall–Kier alpha value is -4.17. The van der Waals surface area contributed by atoms with Gasteiger partial charge in [-0.05, 0) is 63.0 Å². The predicted molar refractivity (Wildman–Crippen MR) is 172 cm³/mol. The van der Waals surface area contributed by atoms with E-state index < -0.39 is 88.1 Å². The highest BCUT2D eigenvalue weighted by Gasteiger charge is 2.64. The largest absolute Gasteiger partial charge is 0.507 e. The van der Waals surface area contributed by atoms with Crippen molar-refractivity contribution < 1.29 is 53.9 Å². The molecule has 3 aliphatic carbocycles. The number of aliphatic hydroxyl groups excluding tert-OH is 2.